The van der Waals surface area contributed by atoms with Crippen LogP contribution in [0.5, 0.6) is 0 Å². The quantitative estimate of drug-likeness (QED) is 0.830. The molecule has 0 N–H and O–H groups in total. The van der Waals surface area contributed by atoms with Crippen molar-refractivity contribution in [1.29, 1.82) is 0 Å². The van der Waals surface area contributed by atoms with Gasteiger partial charge in [-0.15, -0.1) is 10.2 Å². The van der Waals surface area contributed by atoms with Crippen LogP contribution in [0.1, 0.15) is 32.4 Å². The zero-order valence-electron chi connectivity index (χ0n) is 12.1. The lowest BCUT2D eigenvalue weighted by molar-refractivity contribution is -0.149. The first-order valence-corrected chi connectivity index (χ1v) is 6.49. The van der Waals surface area contributed by atoms with E-state index in [0.29, 0.717) is 0 Å². The van der Waals surface area contributed by atoms with Gasteiger partial charge in [-0.3, -0.25) is 4.79 Å². The number of halogens is 3. The van der Waals surface area contributed by atoms with Crippen molar-refractivity contribution in [3.63, 3.8) is 0 Å². The SMILES string of the molecule is CC(C)(C)OCC(=O)N1CCn2c(nnc2C(F)(F)F)C1. The molecule has 2 heterocycles. The highest BCUT2D eigenvalue weighted by Crippen LogP contribution is 2.29. The van der Waals surface area contributed by atoms with Crippen molar-refractivity contribution in [3.05, 3.63) is 11.6 Å². The van der Waals surface area contributed by atoms with E-state index in [2.05, 4.69) is 10.2 Å². The minimum absolute atomic E-state index is 0.00934. The van der Waals surface area contributed by atoms with Gasteiger partial charge in [0.1, 0.15) is 6.61 Å². The van der Waals surface area contributed by atoms with Crippen LogP contribution < -0.4 is 0 Å². The second-order valence-electron chi connectivity index (χ2n) is 5.81. The van der Waals surface area contributed by atoms with Crippen LogP contribution in [0.2, 0.25) is 0 Å². The molecule has 2 rings (SSSR count). The fraction of sp³-hybridized carbons (Fsp3) is 0.750. The summed E-state index contributed by atoms with van der Waals surface area (Å²) in [6.45, 7) is 5.58. The number of nitrogens with zero attached hydrogens (tertiary/aromatic N) is 4. The van der Waals surface area contributed by atoms with E-state index in [-0.39, 0.29) is 38.0 Å². The summed E-state index contributed by atoms with van der Waals surface area (Å²) < 4.78 is 44.5. The first-order chi connectivity index (χ1) is 9.58. The average molecular weight is 306 g/mol. The molecule has 0 unspecified atom stereocenters. The predicted octanol–water partition coefficient (Wildman–Crippen LogP) is 1.45. The van der Waals surface area contributed by atoms with Gasteiger partial charge < -0.3 is 14.2 Å². The van der Waals surface area contributed by atoms with E-state index in [4.69, 9.17) is 4.74 Å². The number of alkyl halides is 3. The second-order valence-corrected chi connectivity index (χ2v) is 5.81. The molecular weight excluding hydrogens is 289 g/mol. The largest absolute Gasteiger partial charge is 0.451 e. The molecule has 0 bridgehead atoms. The molecule has 118 valence electrons. The Kier molecular flexibility index (Phi) is 3.96. The Balaban J connectivity index is 2.04. The fourth-order valence-electron chi connectivity index (χ4n) is 1.95. The molecule has 6 nitrogen and oxygen atoms in total. The Bertz CT molecular complexity index is 534. The van der Waals surface area contributed by atoms with Gasteiger partial charge in [-0.05, 0) is 20.8 Å². The van der Waals surface area contributed by atoms with Crippen LogP contribution in [0, 0.1) is 0 Å². The lowest BCUT2D eigenvalue weighted by atomic mass is 10.2. The minimum Gasteiger partial charge on any atom is -0.366 e. The summed E-state index contributed by atoms with van der Waals surface area (Å²) in [5.74, 6) is -1.15. The molecule has 0 radical (unpaired) electrons. The summed E-state index contributed by atoms with van der Waals surface area (Å²) in [4.78, 5) is 13.4. The van der Waals surface area contributed by atoms with Crippen LogP contribution in [0.4, 0.5) is 13.2 Å². The number of aromatic nitrogens is 3. The van der Waals surface area contributed by atoms with E-state index in [9.17, 15) is 18.0 Å². The normalized spacial score (nSPS) is 16.0. The number of rotatable bonds is 2. The predicted molar refractivity (Wildman–Crippen MR) is 66.1 cm³/mol. The van der Waals surface area contributed by atoms with Gasteiger partial charge in [-0.25, -0.2) is 0 Å². The van der Waals surface area contributed by atoms with Crippen LogP contribution in [0.3, 0.4) is 0 Å². The Hall–Kier alpha value is -1.64. The van der Waals surface area contributed by atoms with E-state index in [0.717, 1.165) is 4.57 Å². The third-order valence-corrected chi connectivity index (χ3v) is 2.99. The molecule has 1 aromatic rings. The third kappa shape index (κ3) is 3.72. The Labute approximate surface area is 119 Å². The fourth-order valence-corrected chi connectivity index (χ4v) is 1.95. The topological polar surface area (TPSA) is 60.2 Å². The maximum absolute atomic E-state index is 12.7. The van der Waals surface area contributed by atoms with Crippen LogP contribution in [-0.4, -0.2) is 44.3 Å². The summed E-state index contributed by atoms with van der Waals surface area (Å²) in [5.41, 5.74) is -0.449. The molecule has 0 saturated heterocycles. The third-order valence-electron chi connectivity index (χ3n) is 2.99. The van der Waals surface area contributed by atoms with Crippen molar-refractivity contribution in [3.8, 4) is 0 Å². The smallest absolute Gasteiger partial charge is 0.366 e. The summed E-state index contributed by atoms with van der Waals surface area (Å²) >= 11 is 0. The van der Waals surface area contributed by atoms with E-state index in [1.54, 1.807) is 0 Å². The van der Waals surface area contributed by atoms with Crippen molar-refractivity contribution >= 4 is 5.91 Å². The Morgan fingerprint density at radius 1 is 1.24 bits per heavy atom. The lowest BCUT2D eigenvalue weighted by Gasteiger charge is -2.29. The van der Waals surface area contributed by atoms with Crippen LogP contribution >= 0.6 is 0 Å². The Morgan fingerprint density at radius 2 is 1.90 bits per heavy atom. The number of hydrogen-bond acceptors (Lipinski definition) is 4. The lowest BCUT2D eigenvalue weighted by Crippen LogP contribution is -2.42. The summed E-state index contributed by atoms with van der Waals surface area (Å²) in [6, 6.07) is 0. The summed E-state index contributed by atoms with van der Waals surface area (Å²) in [5, 5.41) is 6.69. The molecule has 0 aliphatic carbocycles. The molecule has 0 saturated carbocycles. The zero-order valence-corrected chi connectivity index (χ0v) is 12.1. The maximum atomic E-state index is 12.7. The molecule has 21 heavy (non-hydrogen) atoms. The minimum atomic E-state index is -4.53. The number of fused-ring (bicyclic) bond motifs is 1. The number of hydrogen-bond donors (Lipinski definition) is 0. The molecule has 0 fully saturated rings. The highest BCUT2D eigenvalue weighted by atomic mass is 19.4. The van der Waals surface area contributed by atoms with Gasteiger partial charge in [0, 0.05) is 13.1 Å². The molecule has 0 atom stereocenters. The highest BCUT2D eigenvalue weighted by molar-refractivity contribution is 5.77. The van der Waals surface area contributed by atoms with Crippen LogP contribution in [-0.2, 0) is 28.8 Å². The monoisotopic (exact) mass is 306 g/mol. The highest BCUT2D eigenvalue weighted by Gasteiger charge is 2.39. The van der Waals surface area contributed by atoms with E-state index < -0.39 is 17.6 Å². The molecule has 1 aliphatic heterocycles. The molecule has 9 heteroatoms. The summed E-state index contributed by atoms with van der Waals surface area (Å²) in [7, 11) is 0. The van der Waals surface area contributed by atoms with Gasteiger partial charge in [-0.1, -0.05) is 0 Å². The second kappa shape index (κ2) is 5.28. The van der Waals surface area contributed by atoms with E-state index in [1.165, 1.54) is 4.90 Å². The molecule has 0 aromatic carbocycles. The van der Waals surface area contributed by atoms with Gasteiger partial charge in [0.05, 0.1) is 12.1 Å². The van der Waals surface area contributed by atoms with Crippen molar-refractivity contribution < 1.29 is 22.7 Å². The van der Waals surface area contributed by atoms with Crippen LogP contribution in [0.15, 0.2) is 0 Å². The van der Waals surface area contributed by atoms with E-state index >= 15 is 0 Å². The van der Waals surface area contributed by atoms with Crippen molar-refractivity contribution in [2.75, 3.05) is 13.2 Å². The van der Waals surface area contributed by atoms with Gasteiger partial charge in [-0.2, -0.15) is 13.2 Å². The van der Waals surface area contributed by atoms with Gasteiger partial charge in [0.15, 0.2) is 5.82 Å². The molecule has 1 amide bonds. The molecule has 0 spiro atoms. The number of carbonyl (C=O) groups is 1. The molecule has 1 aromatic heterocycles. The van der Waals surface area contributed by atoms with E-state index in [1.807, 2.05) is 20.8 Å². The van der Waals surface area contributed by atoms with Crippen molar-refractivity contribution in [2.45, 2.75) is 45.6 Å². The zero-order chi connectivity index (χ0) is 15.8. The van der Waals surface area contributed by atoms with Crippen molar-refractivity contribution in [2.24, 2.45) is 0 Å². The summed E-state index contributed by atoms with van der Waals surface area (Å²) in [6.07, 6.45) is -4.53. The van der Waals surface area contributed by atoms with Crippen LogP contribution in [0.25, 0.3) is 0 Å². The van der Waals surface area contributed by atoms with Gasteiger partial charge in [0.25, 0.3) is 0 Å². The molecular formula is C12H17F3N4O2. The first kappa shape index (κ1) is 15.7. The number of ether oxygens (including phenoxy) is 1. The Morgan fingerprint density at radius 3 is 2.48 bits per heavy atom. The van der Waals surface area contributed by atoms with Gasteiger partial charge in [0.2, 0.25) is 11.7 Å². The maximum Gasteiger partial charge on any atom is 0.451 e. The number of carbonyl (C=O) groups excluding carboxylic acids is 1. The standard InChI is InChI=1S/C12H17F3N4O2/c1-11(2,3)21-7-9(20)18-4-5-19-8(6-18)16-17-10(19)12(13,14)15/h4-7H2,1-3H3. The first-order valence-electron chi connectivity index (χ1n) is 6.49. The average Bonchev–Trinajstić information content (AvgIpc) is 2.77. The van der Waals surface area contributed by atoms with Crippen molar-refractivity contribution in [1.82, 2.24) is 19.7 Å². The molecule has 1 aliphatic rings. The van der Waals surface area contributed by atoms with Gasteiger partial charge >= 0.3 is 6.18 Å². The number of amides is 1.